The van der Waals surface area contributed by atoms with E-state index in [1.807, 2.05) is 47.6 Å². The van der Waals surface area contributed by atoms with Crippen molar-refractivity contribution in [3.05, 3.63) is 54.1 Å². The molecule has 2 saturated carbocycles. The topological polar surface area (TPSA) is 178 Å². The van der Waals surface area contributed by atoms with Gasteiger partial charge in [-0.3, -0.25) is 24.4 Å². The van der Waals surface area contributed by atoms with Crippen LogP contribution in [0, 0.1) is 11.3 Å². The first-order valence-electron chi connectivity index (χ1n) is 19.1. The van der Waals surface area contributed by atoms with E-state index in [4.69, 9.17) is 35.2 Å². The van der Waals surface area contributed by atoms with E-state index in [0.29, 0.717) is 56.5 Å². The fraction of sp³-hybridized carbons (Fsp3) is 0.512. The fourth-order valence-corrected chi connectivity index (χ4v) is 8.99. The second kappa shape index (κ2) is 14.7. The highest BCUT2D eigenvalue weighted by Crippen LogP contribution is 2.46. The fourth-order valence-electron chi connectivity index (χ4n) is 7.45. The third kappa shape index (κ3) is 8.16. The smallest absolute Gasteiger partial charge is 0.259 e. The number of rotatable bonds is 13. The number of halogens is 1. The summed E-state index contributed by atoms with van der Waals surface area (Å²) in [5.74, 6) is -1.54. The predicted octanol–water partition coefficient (Wildman–Crippen LogP) is 5.59. The van der Waals surface area contributed by atoms with E-state index in [0.717, 1.165) is 0 Å². The van der Waals surface area contributed by atoms with Crippen LogP contribution in [0.3, 0.4) is 0 Å². The van der Waals surface area contributed by atoms with E-state index in [9.17, 15) is 22.8 Å². The first-order chi connectivity index (χ1) is 26.7. The maximum Gasteiger partial charge on any atom is 0.259 e. The van der Waals surface area contributed by atoms with Crippen molar-refractivity contribution in [3.63, 3.8) is 0 Å². The number of carbonyl (C=O) groups is 3. The van der Waals surface area contributed by atoms with E-state index in [1.54, 1.807) is 37.4 Å². The highest BCUT2D eigenvalue weighted by molar-refractivity contribution is 7.91. The Hall–Kier alpha value is -4.44. The first-order valence-corrected chi connectivity index (χ1v) is 21.0. The number of furan rings is 1. The van der Waals surface area contributed by atoms with Crippen LogP contribution in [-0.4, -0.2) is 91.0 Å². The molecule has 3 fully saturated rings. The largest absolute Gasteiger partial charge is 0.497 e. The van der Waals surface area contributed by atoms with Gasteiger partial charge in [0.05, 0.1) is 42.7 Å². The van der Waals surface area contributed by atoms with E-state index in [1.165, 1.54) is 11.0 Å². The van der Waals surface area contributed by atoms with Crippen LogP contribution in [0.2, 0.25) is 5.02 Å². The van der Waals surface area contributed by atoms with Crippen molar-refractivity contribution < 1.29 is 41.4 Å². The molecule has 2 aromatic heterocycles. The van der Waals surface area contributed by atoms with Crippen molar-refractivity contribution in [3.8, 4) is 11.6 Å². The third-order valence-corrected chi connectivity index (χ3v) is 12.9. The summed E-state index contributed by atoms with van der Waals surface area (Å²) >= 11 is 6.38. The Labute approximate surface area is 337 Å². The zero-order valence-electron chi connectivity index (χ0n) is 33.2. The standard InChI is InChI=1S/C41H50ClN5O9S/c1-9-22-19-41(22,38(50)46-57(51,52)26-12-13-26)45-35(48)30-18-25(20-47(30)37(49)34(39(2,3)4)43-21-54-40(5,6)7)55-36-28-17-24(53-8)11-14-27(28)33-32(44-36)29-16-23(42)10-15-31(29)56-33/h9-11,14-17,22,25-26,30,34,43H,1,12-13,18-21H2,2-8H3,(H,45,48)(H,46,50)/t22-,25-,30+,34-,41-/m1/s1. The first kappa shape index (κ1) is 40.7. The van der Waals surface area contributed by atoms with E-state index < -0.39 is 67.7 Å². The number of sulfonamides is 1. The number of benzene rings is 2. The molecule has 4 aromatic rings. The molecule has 57 heavy (non-hydrogen) atoms. The SMILES string of the molecule is C=C[C@@H]1C[C@]1(NC(=O)[C@@H]1C[C@@H](Oc2nc3c4cc(Cl)ccc4oc3c3ccc(OC)cc23)CN1C(=O)[C@@H](NCOC(C)(C)C)C(C)(C)C)C(=O)NS(=O)(=O)C1CC1. The molecule has 7 rings (SSSR count). The molecular weight excluding hydrogens is 774 g/mol. The molecule has 0 bridgehead atoms. The number of pyridine rings is 1. The quantitative estimate of drug-likeness (QED) is 0.113. The van der Waals surface area contributed by atoms with E-state index >= 15 is 0 Å². The summed E-state index contributed by atoms with van der Waals surface area (Å²) in [6.45, 7) is 15.3. The highest BCUT2D eigenvalue weighted by atomic mass is 35.5. The maximum absolute atomic E-state index is 14.7. The molecule has 3 amide bonds. The van der Waals surface area contributed by atoms with Gasteiger partial charge in [-0.25, -0.2) is 13.4 Å². The van der Waals surface area contributed by atoms with Gasteiger partial charge in [0.25, 0.3) is 5.91 Å². The summed E-state index contributed by atoms with van der Waals surface area (Å²) in [6, 6.07) is 8.83. The van der Waals surface area contributed by atoms with Gasteiger partial charge in [-0.2, -0.15) is 0 Å². The number of ether oxygens (including phenoxy) is 3. The summed E-state index contributed by atoms with van der Waals surface area (Å²) in [5.41, 5.74) is -1.00. The lowest BCUT2D eigenvalue weighted by atomic mass is 9.85. The van der Waals surface area contributed by atoms with E-state index in [2.05, 4.69) is 21.9 Å². The van der Waals surface area contributed by atoms with Crippen LogP contribution < -0.4 is 24.8 Å². The summed E-state index contributed by atoms with van der Waals surface area (Å²) in [5, 5.41) is 7.95. The van der Waals surface area contributed by atoms with Gasteiger partial charge in [-0.1, -0.05) is 38.4 Å². The molecule has 0 unspecified atom stereocenters. The van der Waals surface area contributed by atoms with Crippen LogP contribution in [-0.2, 0) is 29.1 Å². The maximum atomic E-state index is 14.7. The van der Waals surface area contributed by atoms with Gasteiger partial charge >= 0.3 is 0 Å². The Bertz CT molecular complexity index is 2380. The number of carbonyl (C=O) groups excluding carboxylic acids is 3. The van der Waals surface area contributed by atoms with Crippen LogP contribution in [0.5, 0.6) is 11.6 Å². The zero-order chi connectivity index (χ0) is 41.2. The lowest BCUT2D eigenvalue weighted by Crippen LogP contribution is -2.59. The Morgan fingerprint density at radius 1 is 1.09 bits per heavy atom. The number of fused-ring (bicyclic) bond motifs is 5. The lowest BCUT2D eigenvalue weighted by molar-refractivity contribution is -0.144. The average molecular weight is 824 g/mol. The van der Waals surface area contributed by atoms with Gasteiger partial charge in [0.2, 0.25) is 27.7 Å². The Morgan fingerprint density at radius 3 is 2.46 bits per heavy atom. The minimum atomic E-state index is -3.90. The number of hydrogen-bond acceptors (Lipinski definition) is 11. The molecule has 3 heterocycles. The Balaban J connectivity index is 1.24. The van der Waals surface area contributed by atoms with Gasteiger partial charge in [0, 0.05) is 28.1 Å². The number of nitrogens with zero attached hydrogens (tertiary/aromatic N) is 2. The average Bonchev–Trinajstić information content (AvgIpc) is 4.04. The van der Waals surface area contributed by atoms with Gasteiger partial charge in [0.15, 0.2) is 5.58 Å². The van der Waals surface area contributed by atoms with Crippen LogP contribution in [0.15, 0.2) is 53.5 Å². The molecule has 306 valence electrons. The molecule has 1 aliphatic heterocycles. The summed E-state index contributed by atoms with van der Waals surface area (Å²) < 4.78 is 52.2. The van der Waals surface area contributed by atoms with Crippen LogP contribution in [0.25, 0.3) is 32.8 Å². The van der Waals surface area contributed by atoms with Gasteiger partial charge < -0.3 is 28.8 Å². The summed E-state index contributed by atoms with van der Waals surface area (Å²) in [4.78, 5) is 49.2. The monoisotopic (exact) mass is 823 g/mol. The van der Waals surface area contributed by atoms with Gasteiger partial charge in [0.1, 0.15) is 34.5 Å². The molecule has 0 spiro atoms. The molecule has 2 aromatic carbocycles. The molecule has 5 atom stereocenters. The molecule has 1 saturated heterocycles. The number of likely N-dealkylation sites (tertiary alicyclic amines) is 1. The van der Waals surface area contributed by atoms with Crippen molar-refractivity contribution in [2.45, 2.75) is 102 Å². The third-order valence-electron chi connectivity index (χ3n) is 10.8. The predicted molar refractivity (Wildman–Crippen MR) is 216 cm³/mol. The second-order valence-electron chi connectivity index (χ2n) is 17.3. The number of aromatic nitrogens is 1. The van der Waals surface area contributed by atoms with Crippen molar-refractivity contribution in [2.75, 3.05) is 20.4 Å². The molecule has 3 N–H and O–H groups in total. The number of hydrogen-bond donors (Lipinski definition) is 3. The molecule has 3 aliphatic rings. The molecule has 0 radical (unpaired) electrons. The van der Waals surface area contributed by atoms with Crippen LogP contribution >= 0.6 is 11.6 Å². The normalized spacial score (nSPS) is 23.1. The van der Waals surface area contributed by atoms with Crippen LogP contribution in [0.4, 0.5) is 0 Å². The molecule has 16 heteroatoms. The number of nitrogens with one attached hydrogen (secondary N) is 3. The lowest BCUT2D eigenvalue weighted by Gasteiger charge is -2.36. The summed E-state index contributed by atoms with van der Waals surface area (Å²) in [7, 11) is -2.35. The van der Waals surface area contributed by atoms with E-state index in [-0.39, 0.29) is 37.9 Å². The van der Waals surface area contributed by atoms with Crippen molar-refractivity contribution in [1.82, 2.24) is 25.2 Å². The minimum Gasteiger partial charge on any atom is -0.497 e. The minimum absolute atomic E-state index is 0.00536. The van der Waals surface area contributed by atoms with Crippen molar-refractivity contribution >= 4 is 72.2 Å². The highest BCUT2D eigenvalue weighted by Gasteiger charge is 2.62. The van der Waals surface area contributed by atoms with Crippen LogP contribution in [0.1, 0.15) is 67.2 Å². The number of amides is 3. The second-order valence-corrected chi connectivity index (χ2v) is 19.7. The van der Waals surface area contributed by atoms with Crippen molar-refractivity contribution in [2.24, 2.45) is 11.3 Å². The Morgan fingerprint density at radius 2 is 1.82 bits per heavy atom. The van der Waals surface area contributed by atoms with Gasteiger partial charge in [-0.15, -0.1) is 6.58 Å². The molecule has 14 nitrogen and oxygen atoms in total. The molecule has 2 aliphatic carbocycles. The zero-order valence-corrected chi connectivity index (χ0v) is 34.8. The van der Waals surface area contributed by atoms with Crippen molar-refractivity contribution in [1.29, 1.82) is 0 Å². The number of methoxy groups -OCH3 is 1. The van der Waals surface area contributed by atoms with Gasteiger partial charge in [-0.05, 0) is 81.8 Å². The summed E-state index contributed by atoms with van der Waals surface area (Å²) in [6.07, 6.45) is 1.90. The molecular formula is C41H50ClN5O9S. The Kier molecular flexibility index (Phi) is 10.5.